The second-order valence-electron chi connectivity index (χ2n) is 3.24. The lowest BCUT2D eigenvalue weighted by molar-refractivity contribution is -0.386. The fourth-order valence-corrected chi connectivity index (χ4v) is 1.60. The maximum Gasteiger partial charge on any atom is 0.311 e. The standard InChI is InChI=1S/C9H9NO4/c1-5-2-3-7(10(12)13)9-6(5)4-8(11)14-9/h2-3,8,11H,4H2,1H3. The number of rotatable bonds is 1. The van der Waals surface area contributed by atoms with Gasteiger partial charge in [0.2, 0.25) is 12.0 Å². The van der Waals surface area contributed by atoms with Crippen LogP contribution in [0.2, 0.25) is 0 Å². The van der Waals surface area contributed by atoms with Crippen LogP contribution in [0.1, 0.15) is 11.1 Å². The number of aliphatic hydroxyl groups is 1. The zero-order valence-corrected chi connectivity index (χ0v) is 7.56. The fraction of sp³-hybridized carbons (Fsp3) is 0.333. The lowest BCUT2D eigenvalue weighted by atomic mass is 10.1. The van der Waals surface area contributed by atoms with Gasteiger partial charge in [-0.2, -0.15) is 0 Å². The molecule has 1 aliphatic heterocycles. The third-order valence-corrected chi connectivity index (χ3v) is 2.30. The molecule has 0 saturated carbocycles. The number of aryl methyl sites for hydroxylation is 1. The minimum atomic E-state index is -0.954. The predicted octanol–water partition coefficient (Wildman–Crippen LogP) is 1.16. The molecule has 1 aromatic rings. The Bertz CT molecular complexity index is 402. The first-order valence-electron chi connectivity index (χ1n) is 4.21. The van der Waals surface area contributed by atoms with Crippen molar-refractivity contribution in [3.63, 3.8) is 0 Å². The third kappa shape index (κ3) is 1.22. The van der Waals surface area contributed by atoms with Crippen LogP contribution in [0.25, 0.3) is 0 Å². The van der Waals surface area contributed by atoms with Crippen molar-refractivity contribution in [3.8, 4) is 5.75 Å². The van der Waals surface area contributed by atoms with Crippen LogP contribution in [0.3, 0.4) is 0 Å². The second-order valence-corrected chi connectivity index (χ2v) is 3.24. The molecule has 1 N–H and O–H groups in total. The van der Waals surface area contributed by atoms with Gasteiger partial charge in [-0.3, -0.25) is 10.1 Å². The highest BCUT2D eigenvalue weighted by molar-refractivity contribution is 5.56. The van der Waals surface area contributed by atoms with E-state index in [-0.39, 0.29) is 11.4 Å². The number of aliphatic hydroxyl groups excluding tert-OH is 1. The summed E-state index contributed by atoms with van der Waals surface area (Å²) >= 11 is 0. The quantitative estimate of drug-likeness (QED) is 0.539. The number of fused-ring (bicyclic) bond motifs is 1. The van der Waals surface area contributed by atoms with Crippen molar-refractivity contribution >= 4 is 5.69 Å². The van der Waals surface area contributed by atoms with Crippen molar-refractivity contribution in [3.05, 3.63) is 33.4 Å². The summed E-state index contributed by atoms with van der Waals surface area (Å²) in [6.07, 6.45) is -0.632. The SMILES string of the molecule is Cc1ccc([N+](=O)[O-])c2c1CC(O)O2. The van der Waals surface area contributed by atoms with Gasteiger partial charge in [-0.15, -0.1) is 0 Å². The van der Waals surface area contributed by atoms with Gasteiger partial charge < -0.3 is 9.84 Å². The van der Waals surface area contributed by atoms with Gasteiger partial charge in [-0.05, 0) is 12.5 Å². The molecule has 0 spiro atoms. The normalized spacial score (nSPS) is 18.9. The summed E-state index contributed by atoms with van der Waals surface area (Å²) in [5, 5.41) is 19.9. The smallest absolute Gasteiger partial charge is 0.311 e. The van der Waals surface area contributed by atoms with Crippen molar-refractivity contribution < 1.29 is 14.8 Å². The summed E-state index contributed by atoms with van der Waals surface area (Å²) in [7, 11) is 0. The second kappa shape index (κ2) is 2.95. The zero-order chi connectivity index (χ0) is 10.3. The van der Waals surface area contributed by atoms with Crippen LogP contribution in [0.4, 0.5) is 5.69 Å². The molecule has 1 aromatic carbocycles. The highest BCUT2D eigenvalue weighted by atomic mass is 16.6. The number of nitrogens with zero attached hydrogens (tertiary/aromatic N) is 1. The molecule has 1 unspecified atom stereocenters. The molecule has 5 heteroatoms. The number of benzene rings is 1. The Hall–Kier alpha value is -1.62. The van der Waals surface area contributed by atoms with Gasteiger partial charge in [-0.25, -0.2) is 0 Å². The van der Waals surface area contributed by atoms with E-state index in [0.717, 1.165) is 11.1 Å². The largest absolute Gasteiger partial charge is 0.457 e. The minimum Gasteiger partial charge on any atom is -0.457 e. The van der Waals surface area contributed by atoms with Crippen molar-refractivity contribution in [1.82, 2.24) is 0 Å². The van der Waals surface area contributed by atoms with Crippen LogP contribution in [-0.4, -0.2) is 16.3 Å². The maximum atomic E-state index is 10.6. The van der Waals surface area contributed by atoms with Crippen LogP contribution in [0.5, 0.6) is 5.75 Å². The Morgan fingerprint density at radius 3 is 3.00 bits per heavy atom. The molecule has 5 nitrogen and oxygen atoms in total. The molecule has 0 amide bonds. The van der Waals surface area contributed by atoms with E-state index >= 15 is 0 Å². The minimum absolute atomic E-state index is 0.0813. The number of ether oxygens (including phenoxy) is 1. The molecular weight excluding hydrogens is 186 g/mol. The van der Waals surface area contributed by atoms with Gasteiger partial charge in [0.25, 0.3) is 0 Å². The Labute approximate surface area is 80.1 Å². The van der Waals surface area contributed by atoms with Gasteiger partial charge in [0.15, 0.2) is 0 Å². The van der Waals surface area contributed by atoms with Crippen molar-refractivity contribution in [2.75, 3.05) is 0 Å². The Kier molecular flexibility index (Phi) is 1.89. The molecule has 0 aliphatic carbocycles. The molecule has 2 rings (SSSR count). The zero-order valence-electron chi connectivity index (χ0n) is 7.56. The maximum absolute atomic E-state index is 10.6. The van der Waals surface area contributed by atoms with Crippen molar-refractivity contribution in [1.29, 1.82) is 0 Å². The Morgan fingerprint density at radius 1 is 1.64 bits per heavy atom. The number of nitro groups is 1. The molecule has 0 bridgehead atoms. The molecule has 0 radical (unpaired) electrons. The average Bonchev–Trinajstić information content (AvgIpc) is 2.47. The van der Waals surface area contributed by atoms with Crippen LogP contribution < -0.4 is 4.74 Å². The molecule has 1 aliphatic rings. The summed E-state index contributed by atoms with van der Waals surface area (Å²) in [6, 6.07) is 3.06. The van der Waals surface area contributed by atoms with E-state index in [1.54, 1.807) is 6.07 Å². The summed E-state index contributed by atoms with van der Waals surface area (Å²) in [6.45, 7) is 1.84. The van der Waals surface area contributed by atoms with Crippen LogP contribution in [-0.2, 0) is 6.42 Å². The molecule has 1 heterocycles. The average molecular weight is 195 g/mol. The van der Waals surface area contributed by atoms with Gasteiger partial charge in [0, 0.05) is 18.1 Å². The van der Waals surface area contributed by atoms with Crippen LogP contribution in [0, 0.1) is 17.0 Å². The predicted molar refractivity (Wildman–Crippen MR) is 48.2 cm³/mol. The van der Waals surface area contributed by atoms with E-state index in [4.69, 9.17) is 4.74 Å². The summed E-state index contributed by atoms with van der Waals surface area (Å²) in [5.74, 6) is 0.211. The molecule has 0 fully saturated rings. The highest BCUT2D eigenvalue weighted by Gasteiger charge is 2.30. The summed E-state index contributed by atoms with van der Waals surface area (Å²) in [4.78, 5) is 10.1. The molecule has 0 aromatic heterocycles. The molecule has 14 heavy (non-hydrogen) atoms. The van der Waals surface area contributed by atoms with E-state index in [0.29, 0.717) is 6.42 Å². The van der Waals surface area contributed by atoms with Gasteiger partial charge in [0.05, 0.1) is 4.92 Å². The lowest BCUT2D eigenvalue weighted by Crippen LogP contribution is -2.10. The first kappa shape index (κ1) is 8.96. The summed E-state index contributed by atoms with van der Waals surface area (Å²) in [5.41, 5.74) is 1.55. The van der Waals surface area contributed by atoms with Crippen molar-refractivity contribution in [2.45, 2.75) is 19.6 Å². The van der Waals surface area contributed by atoms with E-state index in [9.17, 15) is 15.2 Å². The van der Waals surface area contributed by atoms with Gasteiger partial charge >= 0.3 is 5.69 Å². The van der Waals surface area contributed by atoms with Crippen molar-refractivity contribution in [2.24, 2.45) is 0 Å². The number of nitro benzene ring substituents is 1. The Morgan fingerprint density at radius 2 is 2.36 bits per heavy atom. The number of hydrogen-bond donors (Lipinski definition) is 1. The lowest BCUT2D eigenvalue weighted by Gasteiger charge is -2.02. The van der Waals surface area contributed by atoms with E-state index < -0.39 is 11.2 Å². The van der Waals surface area contributed by atoms with Crippen LogP contribution in [0.15, 0.2) is 12.1 Å². The first-order chi connectivity index (χ1) is 6.59. The first-order valence-corrected chi connectivity index (χ1v) is 4.21. The van der Waals surface area contributed by atoms with E-state index in [1.165, 1.54) is 6.07 Å². The topological polar surface area (TPSA) is 72.6 Å². The van der Waals surface area contributed by atoms with Gasteiger partial charge in [-0.1, -0.05) is 6.07 Å². The molecule has 74 valence electrons. The number of hydrogen-bond acceptors (Lipinski definition) is 4. The molecular formula is C9H9NO4. The van der Waals surface area contributed by atoms with E-state index in [2.05, 4.69) is 0 Å². The molecule has 0 saturated heterocycles. The summed E-state index contributed by atoms with van der Waals surface area (Å²) < 4.78 is 4.99. The van der Waals surface area contributed by atoms with Crippen LogP contribution >= 0.6 is 0 Å². The van der Waals surface area contributed by atoms with E-state index in [1.807, 2.05) is 6.92 Å². The Balaban J connectivity index is 2.59. The molecule has 1 atom stereocenters. The highest BCUT2D eigenvalue weighted by Crippen LogP contribution is 2.38. The monoisotopic (exact) mass is 195 g/mol. The fourth-order valence-electron chi connectivity index (χ4n) is 1.60. The third-order valence-electron chi connectivity index (χ3n) is 2.30. The van der Waals surface area contributed by atoms with Gasteiger partial charge in [0.1, 0.15) is 0 Å².